The van der Waals surface area contributed by atoms with Crippen LogP contribution in [0, 0.1) is 5.92 Å². The lowest BCUT2D eigenvalue weighted by atomic mass is 9.96. The van der Waals surface area contributed by atoms with Gasteiger partial charge in [0, 0.05) is 25.2 Å². The molecule has 2 unspecified atom stereocenters. The highest BCUT2D eigenvalue weighted by molar-refractivity contribution is 5.93. The minimum Gasteiger partial charge on any atom is -0.341 e. The summed E-state index contributed by atoms with van der Waals surface area (Å²) in [5.41, 5.74) is 0.711. The molecule has 2 heterocycles. The molecule has 138 valence electrons. The van der Waals surface area contributed by atoms with Crippen LogP contribution in [0.15, 0.2) is 30.3 Å². The summed E-state index contributed by atoms with van der Waals surface area (Å²) in [6.07, 6.45) is 0.918. The number of nitrogens with one attached hydrogen (secondary N) is 2. The summed E-state index contributed by atoms with van der Waals surface area (Å²) < 4.78 is 26.5. The Morgan fingerprint density at radius 3 is 2.60 bits per heavy atom. The number of piperidine rings is 1. The summed E-state index contributed by atoms with van der Waals surface area (Å²) in [5.74, 6) is -3.61. The molecule has 2 atom stereocenters. The molecule has 2 aliphatic rings. The summed E-state index contributed by atoms with van der Waals surface area (Å²) in [6.45, 7) is 0.328. The molecule has 5 nitrogen and oxygen atoms in total. The molecular formula is C17H22ClF2N3O2. The number of carbonyl (C=O) groups excluding carboxylic acids is 2. The van der Waals surface area contributed by atoms with E-state index in [0.29, 0.717) is 25.1 Å². The second kappa shape index (κ2) is 8.10. The van der Waals surface area contributed by atoms with Gasteiger partial charge in [-0.25, -0.2) is 8.78 Å². The van der Waals surface area contributed by atoms with Crippen LogP contribution in [-0.2, 0) is 9.59 Å². The van der Waals surface area contributed by atoms with E-state index in [4.69, 9.17) is 0 Å². The number of alkyl halides is 2. The van der Waals surface area contributed by atoms with Gasteiger partial charge in [-0.2, -0.15) is 0 Å². The van der Waals surface area contributed by atoms with E-state index in [2.05, 4.69) is 10.6 Å². The number of carbonyl (C=O) groups is 2. The zero-order valence-electron chi connectivity index (χ0n) is 13.7. The van der Waals surface area contributed by atoms with E-state index in [1.54, 1.807) is 12.1 Å². The van der Waals surface area contributed by atoms with Crippen molar-refractivity contribution in [2.75, 3.05) is 25.0 Å². The molecule has 2 saturated heterocycles. The van der Waals surface area contributed by atoms with Crippen molar-refractivity contribution in [1.29, 1.82) is 0 Å². The quantitative estimate of drug-likeness (QED) is 0.854. The molecule has 3 rings (SSSR count). The number of benzene rings is 1. The van der Waals surface area contributed by atoms with Crippen LogP contribution in [-0.4, -0.2) is 48.3 Å². The van der Waals surface area contributed by atoms with Gasteiger partial charge >= 0.3 is 0 Å². The van der Waals surface area contributed by atoms with Crippen molar-refractivity contribution < 1.29 is 18.4 Å². The average molecular weight is 374 g/mol. The van der Waals surface area contributed by atoms with Crippen LogP contribution in [0.2, 0.25) is 0 Å². The molecule has 2 amide bonds. The lowest BCUT2D eigenvalue weighted by molar-refractivity contribution is -0.136. The molecule has 25 heavy (non-hydrogen) atoms. The second-order valence-corrected chi connectivity index (χ2v) is 6.47. The normalized spacial score (nSPS) is 25.1. The van der Waals surface area contributed by atoms with Gasteiger partial charge in [-0.1, -0.05) is 18.2 Å². The van der Waals surface area contributed by atoms with Crippen LogP contribution < -0.4 is 10.6 Å². The van der Waals surface area contributed by atoms with Gasteiger partial charge < -0.3 is 10.2 Å². The smallest absolute Gasteiger partial charge is 0.262 e. The second-order valence-electron chi connectivity index (χ2n) is 6.47. The van der Waals surface area contributed by atoms with Crippen LogP contribution in [0.25, 0.3) is 0 Å². The summed E-state index contributed by atoms with van der Waals surface area (Å²) in [7, 11) is 0. The highest BCUT2D eigenvalue weighted by atomic mass is 35.5. The Bertz CT molecular complexity index is 615. The lowest BCUT2D eigenvalue weighted by Gasteiger charge is -2.33. The molecule has 0 saturated carbocycles. The topological polar surface area (TPSA) is 61.4 Å². The van der Waals surface area contributed by atoms with Gasteiger partial charge in [-0.05, 0) is 25.0 Å². The third-order valence-electron chi connectivity index (χ3n) is 4.55. The van der Waals surface area contributed by atoms with E-state index in [-0.39, 0.29) is 36.7 Å². The first-order valence-electron chi connectivity index (χ1n) is 8.20. The van der Waals surface area contributed by atoms with E-state index in [1.807, 2.05) is 18.2 Å². The highest BCUT2D eigenvalue weighted by Gasteiger charge is 2.44. The first kappa shape index (κ1) is 19.6. The Kier molecular flexibility index (Phi) is 6.35. The number of nitrogens with zero attached hydrogens (tertiary/aromatic N) is 1. The van der Waals surface area contributed by atoms with Gasteiger partial charge in [-0.15, -0.1) is 12.4 Å². The van der Waals surface area contributed by atoms with Crippen LogP contribution in [0.4, 0.5) is 14.5 Å². The minimum atomic E-state index is -2.83. The van der Waals surface area contributed by atoms with Crippen LogP contribution >= 0.6 is 12.4 Å². The van der Waals surface area contributed by atoms with Crippen molar-refractivity contribution in [2.45, 2.75) is 31.2 Å². The number of halogens is 3. The monoisotopic (exact) mass is 373 g/mol. The van der Waals surface area contributed by atoms with Gasteiger partial charge in [0.2, 0.25) is 11.8 Å². The SMILES string of the molecule is Cl.O=C(Nc1ccccc1)C1CCCN(C(=O)C2CC(F)(F)CN2)C1. The molecule has 1 aromatic carbocycles. The number of amides is 2. The largest absolute Gasteiger partial charge is 0.341 e. The van der Waals surface area contributed by atoms with Gasteiger partial charge in [0.1, 0.15) is 0 Å². The summed E-state index contributed by atoms with van der Waals surface area (Å²) in [4.78, 5) is 26.3. The molecule has 0 aliphatic carbocycles. The van der Waals surface area contributed by atoms with Crippen molar-refractivity contribution in [3.05, 3.63) is 30.3 Å². The fraction of sp³-hybridized carbons (Fsp3) is 0.529. The highest BCUT2D eigenvalue weighted by Crippen LogP contribution is 2.27. The van der Waals surface area contributed by atoms with Crippen LogP contribution in [0.5, 0.6) is 0 Å². The van der Waals surface area contributed by atoms with Crippen molar-refractivity contribution in [3.63, 3.8) is 0 Å². The van der Waals surface area contributed by atoms with Crippen molar-refractivity contribution >= 4 is 29.9 Å². The first-order valence-corrected chi connectivity index (χ1v) is 8.20. The Morgan fingerprint density at radius 1 is 1.24 bits per heavy atom. The molecule has 0 spiro atoms. The molecular weight excluding hydrogens is 352 g/mol. The Hall–Kier alpha value is -1.73. The molecule has 2 N–H and O–H groups in total. The zero-order valence-corrected chi connectivity index (χ0v) is 14.5. The van der Waals surface area contributed by atoms with Crippen molar-refractivity contribution in [2.24, 2.45) is 5.92 Å². The van der Waals surface area contributed by atoms with Gasteiger partial charge in [0.25, 0.3) is 5.92 Å². The fourth-order valence-electron chi connectivity index (χ4n) is 3.27. The molecule has 0 bridgehead atoms. The summed E-state index contributed by atoms with van der Waals surface area (Å²) in [6, 6.07) is 8.27. The van der Waals surface area contributed by atoms with Gasteiger partial charge in [0.05, 0.1) is 18.5 Å². The van der Waals surface area contributed by atoms with E-state index in [0.717, 1.165) is 0 Å². The van der Waals surface area contributed by atoms with E-state index >= 15 is 0 Å². The van der Waals surface area contributed by atoms with Crippen molar-refractivity contribution in [1.82, 2.24) is 10.2 Å². The Morgan fingerprint density at radius 2 is 1.96 bits per heavy atom. The van der Waals surface area contributed by atoms with Crippen molar-refractivity contribution in [3.8, 4) is 0 Å². The Labute approximate surface area is 151 Å². The number of anilines is 1. The minimum absolute atomic E-state index is 0. The number of rotatable bonds is 3. The van der Waals surface area contributed by atoms with E-state index in [1.165, 1.54) is 4.90 Å². The average Bonchev–Trinajstić information content (AvgIpc) is 2.95. The van der Waals surface area contributed by atoms with Gasteiger partial charge in [-0.3, -0.25) is 14.9 Å². The lowest BCUT2D eigenvalue weighted by Crippen LogP contribution is -2.49. The van der Waals surface area contributed by atoms with E-state index in [9.17, 15) is 18.4 Å². The maximum atomic E-state index is 13.3. The maximum absolute atomic E-state index is 13.3. The maximum Gasteiger partial charge on any atom is 0.262 e. The molecule has 0 radical (unpaired) electrons. The molecule has 8 heteroatoms. The number of hydrogen-bond donors (Lipinski definition) is 2. The number of likely N-dealkylation sites (tertiary alicyclic amines) is 1. The molecule has 1 aromatic rings. The number of hydrogen-bond acceptors (Lipinski definition) is 3. The first-order chi connectivity index (χ1) is 11.4. The third-order valence-corrected chi connectivity index (χ3v) is 4.55. The third kappa shape index (κ3) is 4.89. The molecule has 2 aliphatic heterocycles. The Balaban J connectivity index is 0.00000225. The van der Waals surface area contributed by atoms with E-state index < -0.39 is 24.9 Å². The van der Waals surface area contributed by atoms with Crippen LogP contribution in [0.1, 0.15) is 19.3 Å². The van der Waals surface area contributed by atoms with Crippen LogP contribution in [0.3, 0.4) is 0 Å². The summed E-state index contributed by atoms with van der Waals surface area (Å²) in [5, 5.41) is 5.43. The summed E-state index contributed by atoms with van der Waals surface area (Å²) >= 11 is 0. The predicted molar refractivity (Wildman–Crippen MR) is 93.0 cm³/mol. The zero-order chi connectivity index (χ0) is 17.2. The number of para-hydroxylation sites is 1. The predicted octanol–water partition coefficient (Wildman–Crippen LogP) is 2.28. The standard InChI is InChI=1S/C17H21F2N3O2.ClH/c18-17(19)9-14(20-11-17)16(24)22-8-4-5-12(10-22)15(23)21-13-6-2-1-3-7-13;/h1-3,6-7,12,14,20H,4-5,8-11H2,(H,21,23);1H. The fourth-order valence-corrected chi connectivity index (χ4v) is 3.27. The van der Waals surface area contributed by atoms with Gasteiger partial charge in [0.15, 0.2) is 0 Å². The molecule has 2 fully saturated rings. The molecule has 0 aromatic heterocycles.